The largest absolute Gasteiger partial charge is 0.347 e. The van der Waals surface area contributed by atoms with E-state index in [1.807, 2.05) is 75.1 Å². The maximum Gasteiger partial charge on any atom is 0.273 e. The highest BCUT2D eigenvalue weighted by molar-refractivity contribution is 5.91. The maximum atomic E-state index is 12.5. The Hall–Kier alpha value is -4.34. The van der Waals surface area contributed by atoms with Gasteiger partial charge in [0.05, 0.1) is 47.2 Å². The van der Waals surface area contributed by atoms with E-state index in [4.69, 9.17) is 4.98 Å². The molecule has 0 radical (unpaired) electrons. The van der Waals surface area contributed by atoms with Crippen molar-refractivity contribution < 1.29 is 4.79 Å². The first-order valence-electron chi connectivity index (χ1n) is 10.9. The molecule has 5 rings (SSSR count). The predicted octanol–water partition coefficient (Wildman–Crippen LogP) is 3.07. The molecule has 5 aromatic rings. The number of carbonyl (C=O) groups excluding carboxylic acids is 1. The number of hydrogen-bond acceptors (Lipinski definition) is 6. The number of fused-ring (bicyclic) bond motifs is 1. The van der Waals surface area contributed by atoms with Crippen LogP contribution in [-0.2, 0) is 19.1 Å². The van der Waals surface area contributed by atoms with Crippen LogP contribution in [0, 0.1) is 0 Å². The van der Waals surface area contributed by atoms with Crippen molar-refractivity contribution >= 4 is 11.4 Å². The molecule has 1 amide bonds. The number of hydrogen-bond donors (Lipinski definition) is 1. The molecule has 0 aliphatic carbocycles. The van der Waals surface area contributed by atoms with Crippen molar-refractivity contribution in [2.45, 2.75) is 32.9 Å². The molecule has 1 N–H and O–H groups in total. The predicted molar refractivity (Wildman–Crippen MR) is 127 cm³/mol. The summed E-state index contributed by atoms with van der Waals surface area (Å²) in [4.78, 5) is 17.4. The van der Waals surface area contributed by atoms with E-state index in [1.165, 1.54) is 0 Å². The molecule has 0 aliphatic rings. The van der Waals surface area contributed by atoms with E-state index in [-0.39, 0.29) is 11.4 Å². The molecule has 0 bridgehead atoms. The zero-order valence-electron chi connectivity index (χ0n) is 19.5. The molecule has 0 aliphatic heterocycles. The minimum atomic E-state index is -0.258. The Morgan fingerprint density at radius 2 is 1.79 bits per heavy atom. The van der Waals surface area contributed by atoms with E-state index in [1.54, 1.807) is 28.0 Å². The van der Waals surface area contributed by atoms with E-state index in [0.717, 1.165) is 33.6 Å². The van der Waals surface area contributed by atoms with Crippen molar-refractivity contribution in [3.05, 3.63) is 72.6 Å². The fourth-order valence-electron chi connectivity index (χ4n) is 3.58. The minimum Gasteiger partial charge on any atom is -0.347 e. The Kier molecular flexibility index (Phi) is 5.20. The average Bonchev–Trinajstić information content (AvgIpc) is 3.57. The Bertz CT molecular complexity index is 1470. The maximum absolute atomic E-state index is 12.5. The number of nitrogens with one attached hydrogen (secondary N) is 1. The molecule has 0 saturated heterocycles. The minimum absolute atomic E-state index is 0.231. The van der Waals surface area contributed by atoms with Crippen LogP contribution in [0.5, 0.6) is 0 Å². The summed E-state index contributed by atoms with van der Waals surface area (Å²) in [5, 5.41) is 19.6. The van der Waals surface area contributed by atoms with E-state index in [2.05, 4.69) is 25.8 Å². The highest BCUT2D eigenvalue weighted by Gasteiger charge is 2.18. The van der Waals surface area contributed by atoms with Gasteiger partial charge in [-0.1, -0.05) is 29.5 Å². The Morgan fingerprint density at radius 3 is 2.47 bits per heavy atom. The Labute approximate surface area is 196 Å². The van der Waals surface area contributed by atoms with Crippen molar-refractivity contribution in [3.8, 4) is 22.5 Å². The van der Waals surface area contributed by atoms with Crippen molar-refractivity contribution in [2.24, 2.45) is 7.05 Å². The zero-order chi connectivity index (χ0) is 23.9. The van der Waals surface area contributed by atoms with Crippen LogP contribution in [0.2, 0.25) is 0 Å². The van der Waals surface area contributed by atoms with Gasteiger partial charge in [0, 0.05) is 30.9 Å². The third kappa shape index (κ3) is 4.17. The molecular formula is C24H25N9O. The molecule has 0 atom stereocenters. The number of amides is 1. The topological polar surface area (TPSA) is 108 Å². The lowest BCUT2D eigenvalue weighted by Gasteiger charge is -2.17. The van der Waals surface area contributed by atoms with Gasteiger partial charge in [-0.25, -0.2) is 14.2 Å². The molecule has 0 fully saturated rings. The molecule has 4 heterocycles. The summed E-state index contributed by atoms with van der Waals surface area (Å²) in [5.74, 6) is -0.258. The molecule has 10 nitrogen and oxygen atoms in total. The van der Waals surface area contributed by atoms with Gasteiger partial charge in [-0.15, -0.1) is 5.10 Å². The lowest BCUT2D eigenvalue weighted by Crippen LogP contribution is -2.24. The van der Waals surface area contributed by atoms with Crippen LogP contribution >= 0.6 is 0 Å². The summed E-state index contributed by atoms with van der Waals surface area (Å²) >= 11 is 0. The van der Waals surface area contributed by atoms with Gasteiger partial charge in [-0.3, -0.25) is 9.48 Å². The van der Waals surface area contributed by atoms with Gasteiger partial charge in [0.15, 0.2) is 5.69 Å². The number of aryl methyl sites for hydroxylation is 1. The lowest BCUT2D eigenvalue weighted by molar-refractivity contribution is 0.0946. The van der Waals surface area contributed by atoms with Gasteiger partial charge < -0.3 is 5.32 Å². The van der Waals surface area contributed by atoms with Crippen LogP contribution in [0.3, 0.4) is 0 Å². The quantitative estimate of drug-likeness (QED) is 0.436. The van der Waals surface area contributed by atoms with E-state index in [9.17, 15) is 4.79 Å². The summed E-state index contributed by atoms with van der Waals surface area (Å²) in [6, 6.07) is 9.90. The molecule has 0 spiro atoms. The van der Waals surface area contributed by atoms with Gasteiger partial charge in [0.1, 0.15) is 0 Å². The number of rotatable bonds is 5. The monoisotopic (exact) mass is 455 g/mol. The van der Waals surface area contributed by atoms with Gasteiger partial charge in [0.2, 0.25) is 0 Å². The van der Waals surface area contributed by atoms with Crippen molar-refractivity contribution in [1.29, 1.82) is 0 Å². The second-order valence-electron chi connectivity index (χ2n) is 9.14. The molecule has 34 heavy (non-hydrogen) atoms. The average molecular weight is 456 g/mol. The normalized spacial score (nSPS) is 11.8. The first-order valence-corrected chi connectivity index (χ1v) is 10.9. The third-order valence-electron chi connectivity index (χ3n) is 5.48. The molecule has 0 unspecified atom stereocenters. The fourth-order valence-corrected chi connectivity index (χ4v) is 3.58. The second kappa shape index (κ2) is 8.22. The van der Waals surface area contributed by atoms with Crippen molar-refractivity contribution in [3.63, 3.8) is 0 Å². The van der Waals surface area contributed by atoms with Crippen LogP contribution < -0.4 is 5.32 Å². The zero-order valence-corrected chi connectivity index (χ0v) is 19.5. The van der Waals surface area contributed by atoms with Crippen LogP contribution in [0.15, 0.2) is 61.3 Å². The van der Waals surface area contributed by atoms with Crippen LogP contribution in [0.25, 0.3) is 28.0 Å². The standard InChI is InChI=1S/C24H25N9O/c1-24(2,3)33-15-20(29-30-33)23(34)25-11-16-5-7-17(8-6-16)22-21-9-10-26-32(21)14-19(28-22)18-12-27-31(4)13-18/h5-10,12-15H,11H2,1-4H3,(H,25,34). The molecule has 1 aromatic carbocycles. The number of aromatic nitrogens is 8. The smallest absolute Gasteiger partial charge is 0.273 e. The Morgan fingerprint density at radius 1 is 1.00 bits per heavy atom. The van der Waals surface area contributed by atoms with E-state index >= 15 is 0 Å². The number of benzene rings is 1. The van der Waals surface area contributed by atoms with Crippen LogP contribution in [0.1, 0.15) is 36.8 Å². The SMILES string of the molecule is Cn1cc(-c2cn3nccc3c(-c3ccc(CNC(=O)c4cn(C(C)(C)C)nn4)cc3)n2)cn1. The van der Waals surface area contributed by atoms with Crippen LogP contribution in [0.4, 0.5) is 0 Å². The summed E-state index contributed by atoms with van der Waals surface area (Å²) in [6.45, 7) is 6.39. The van der Waals surface area contributed by atoms with Gasteiger partial charge in [-0.2, -0.15) is 10.2 Å². The van der Waals surface area contributed by atoms with Crippen LogP contribution in [-0.4, -0.2) is 45.3 Å². The lowest BCUT2D eigenvalue weighted by atomic mass is 10.1. The van der Waals surface area contributed by atoms with E-state index < -0.39 is 0 Å². The Balaban J connectivity index is 1.35. The summed E-state index contributed by atoms with van der Waals surface area (Å²) in [6.07, 6.45) is 9.03. The first-order chi connectivity index (χ1) is 16.3. The highest BCUT2D eigenvalue weighted by Crippen LogP contribution is 2.27. The van der Waals surface area contributed by atoms with Crippen molar-refractivity contribution in [2.75, 3.05) is 0 Å². The molecular weight excluding hydrogens is 430 g/mol. The number of nitrogens with zero attached hydrogens (tertiary/aromatic N) is 8. The third-order valence-corrected chi connectivity index (χ3v) is 5.48. The van der Waals surface area contributed by atoms with Gasteiger partial charge in [-0.05, 0) is 32.4 Å². The van der Waals surface area contributed by atoms with Gasteiger partial charge >= 0.3 is 0 Å². The highest BCUT2D eigenvalue weighted by atomic mass is 16.2. The summed E-state index contributed by atoms with van der Waals surface area (Å²) in [5.41, 5.74) is 5.44. The molecule has 10 heteroatoms. The first kappa shape index (κ1) is 21.5. The summed E-state index contributed by atoms with van der Waals surface area (Å²) in [7, 11) is 1.88. The summed E-state index contributed by atoms with van der Waals surface area (Å²) < 4.78 is 5.25. The fraction of sp³-hybridized carbons (Fsp3) is 0.250. The van der Waals surface area contributed by atoms with Crippen molar-refractivity contribution in [1.82, 2.24) is 44.7 Å². The number of carbonyl (C=O) groups is 1. The second-order valence-corrected chi connectivity index (χ2v) is 9.14. The van der Waals surface area contributed by atoms with Gasteiger partial charge in [0.25, 0.3) is 5.91 Å². The molecule has 172 valence electrons. The van der Waals surface area contributed by atoms with E-state index in [0.29, 0.717) is 12.2 Å². The molecule has 4 aromatic heterocycles. The molecule has 0 saturated carbocycles.